The minimum atomic E-state index is -2.96. The molecule has 0 aromatic carbocycles. The summed E-state index contributed by atoms with van der Waals surface area (Å²) in [5, 5.41) is 11.1. The van der Waals surface area contributed by atoms with Gasteiger partial charge in [-0.05, 0) is 19.9 Å². The van der Waals surface area contributed by atoms with Crippen molar-refractivity contribution in [3.63, 3.8) is 0 Å². The van der Waals surface area contributed by atoms with Gasteiger partial charge in [-0.2, -0.15) is 8.78 Å². The molecule has 11 heteroatoms. The van der Waals surface area contributed by atoms with Gasteiger partial charge in [0.1, 0.15) is 5.69 Å². The third-order valence-corrected chi connectivity index (χ3v) is 3.91. The maximum Gasteiger partial charge on any atom is 0.388 e. The van der Waals surface area contributed by atoms with Crippen molar-refractivity contribution >= 4 is 17.6 Å². The number of amides is 1. The molecule has 0 atom stereocenters. The van der Waals surface area contributed by atoms with Crippen molar-refractivity contribution in [1.29, 1.82) is 0 Å². The fraction of sp³-hybridized carbons (Fsp3) is 0.294. The Morgan fingerprint density at radius 3 is 2.71 bits per heavy atom. The number of nitrogens with one attached hydrogen (secondary N) is 1. The minimum Gasteiger partial charge on any atom is -0.417 e. The maximum absolute atomic E-state index is 12.4. The number of hydrogen-bond donors (Lipinski definition) is 2. The topological polar surface area (TPSA) is 128 Å². The quantitative estimate of drug-likeness (QED) is 0.738. The first kappa shape index (κ1) is 19.3. The molecule has 1 aliphatic rings. The van der Waals surface area contributed by atoms with Crippen LogP contribution in [0.2, 0.25) is 0 Å². The predicted octanol–water partition coefficient (Wildman–Crippen LogP) is 1.78. The molecule has 3 N–H and O–H groups in total. The molecule has 0 spiro atoms. The lowest BCUT2D eigenvalue weighted by atomic mass is 10.0. The third kappa shape index (κ3) is 4.42. The summed E-state index contributed by atoms with van der Waals surface area (Å²) in [4.78, 5) is 23.5. The van der Waals surface area contributed by atoms with E-state index in [9.17, 15) is 13.6 Å². The lowest BCUT2D eigenvalue weighted by Crippen LogP contribution is -2.30. The summed E-state index contributed by atoms with van der Waals surface area (Å²) in [5.74, 6) is -0.517. The molecule has 2 aromatic rings. The molecule has 146 valence electrons. The van der Waals surface area contributed by atoms with E-state index in [1.54, 1.807) is 26.0 Å². The zero-order valence-electron chi connectivity index (χ0n) is 15.1. The number of ether oxygens (including phenoxy) is 1. The second kappa shape index (κ2) is 7.62. The lowest BCUT2D eigenvalue weighted by molar-refractivity contribution is -0.114. The van der Waals surface area contributed by atoms with Gasteiger partial charge in [0.2, 0.25) is 17.7 Å². The van der Waals surface area contributed by atoms with E-state index in [1.807, 2.05) is 0 Å². The number of pyridine rings is 1. The average molecular weight is 389 g/mol. The maximum atomic E-state index is 12.4. The van der Waals surface area contributed by atoms with E-state index in [-0.39, 0.29) is 18.2 Å². The van der Waals surface area contributed by atoms with E-state index in [0.29, 0.717) is 22.7 Å². The van der Waals surface area contributed by atoms with Crippen LogP contribution in [0.15, 0.2) is 41.2 Å². The summed E-state index contributed by atoms with van der Waals surface area (Å²) in [6.45, 7) is 0.605. The molecule has 3 rings (SSSR count). The molecule has 0 aliphatic carbocycles. The average Bonchev–Trinajstić information content (AvgIpc) is 3.12. The predicted molar refractivity (Wildman–Crippen MR) is 95.8 cm³/mol. The fourth-order valence-electron chi connectivity index (χ4n) is 2.46. The first-order valence-corrected chi connectivity index (χ1v) is 8.21. The minimum absolute atomic E-state index is 0.186. The normalized spacial score (nSPS) is 13.9. The van der Waals surface area contributed by atoms with Gasteiger partial charge in [-0.3, -0.25) is 9.79 Å². The van der Waals surface area contributed by atoms with Crippen molar-refractivity contribution in [2.24, 2.45) is 10.7 Å². The molecule has 0 saturated carbocycles. The highest BCUT2D eigenvalue weighted by atomic mass is 19.3. The van der Waals surface area contributed by atoms with Crippen LogP contribution in [0.3, 0.4) is 0 Å². The van der Waals surface area contributed by atoms with Crippen LogP contribution in [0.5, 0.6) is 5.88 Å². The first-order valence-electron chi connectivity index (χ1n) is 8.21. The van der Waals surface area contributed by atoms with Gasteiger partial charge in [0.05, 0.1) is 23.1 Å². The largest absolute Gasteiger partial charge is 0.417 e. The Labute approximate surface area is 158 Å². The number of nitrogens with zero attached hydrogens (tertiary/aromatic N) is 5. The Morgan fingerprint density at radius 2 is 2.11 bits per heavy atom. The molecule has 1 aliphatic heterocycles. The standard InChI is InChI=1S/C17H17F2N7O2/c1-17(2,12-4-3-5-13(23-12)28-15(18)19)24-16-22-8-11(25-26-16)10-6-9(7-21-10)14(20)27/h3-5,7-8,15H,6H2,1-2H3,(H2,20,27)(H,22,24,26). The number of aromatic nitrogens is 4. The second-order valence-corrected chi connectivity index (χ2v) is 6.43. The second-order valence-electron chi connectivity index (χ2n) is 6.43. The van der Waals surface area contributed by atoms with Gasteiger partial charge < -0.3 is 15.8 Å². The number of primary amides is 1. The van der Waals surface area contributed by atoms with Crippen molar-refractivity contribution < 1.29 is 18.3 Å². The molecule has 1 amide bonds. The lowest BCUT2D eigenvalue weighted by Gasteiger charge is -2.25. The van der Waals surface area contributed by atoms with Crippen LogP contribution in [0.4, 0.5) is 14.7 Å². The Balaban J connectivity index is 1.70. The van der Waals surface area contributed by atoms with Gasteiger partial charge in [0.25, 0.3) is 0 Å². The van der Waals surface area contributed by atoms with Gasteiger partial charge in [-0.1, -0.05) is 6.07 Å². The van der Waals surface area contributed by atoms with Crippen LogP contribution in [0, 0.1) is 0 Å². The molecule has 0 radical (unpaired) electrons. The van der Waals surface area contributed by atoms with Gasteiger partial charge in [-0.15, -0.1) is 10.2 Å². The smallest absolute Gasteiger partial charge is 0.388 e. The molecule has 0 bridgehead atoms. The highest BCUT2D eigenvalue weighted by Crippen LogP contribution is 2.24. The summed E-state index contributed by atoms with van der Waals surface area (Å²) in [5.41, 5.74) is 6.23. The van der Waals surface area contributed by atoms with Gasteiger partial charge >= 0.3 is 6.61 Å². The molecule has 0 saturated heterocycles. The van der Waals surface area contributed by atoms with Crippen LogP contribution in [-0.4, -0.2) is 38.4 Å². The van der Waals surface area contributed by atoms with Crippen LogP contribution in [0.1, 0.15) is 31.7 Å². The van der Waals surface area contributed by atoms with Crippen LogP contribution in [0.25, 0.3) is 0 Å². The van der Waals surface area contributed by atoms with Gasteiger partial charge in [0.15, 0.2) is 0 Å². The number of carbonyl (C=O) groups excluding carboxylic acids is 1. The zero-order valence-corrected chi connectivity index (χ0v) is 15.1. The third-order valence-electron chi connectivity index (χ3n) is 3.91. The monoisotopic (exact) mass is 389 g/mol. The van der Waals surface area contributed by atoms with E-state index in [1.165, 1.54) is 18.5 Å². The Kier molecular flexibility index (Phi) is 5.25. The van der Waals surface area contributed by atoms with E-state index in [0.717, 1.165) is 0 Å². The fourth-order valence-corrected chi connectivity index (χ4v) is 2.46. The summed E-state index contributed by atoms with van der Waals surface area (Å²) < 4.78 is 29.1. The molecule has 0 fully saturated rings. The van der Waals surface area contributed by atoms with Crippen molar-refractivity contribution in [3.8, 4) is 5.88 Å². The van der Waals surface area contributed by atoms with Gasteiger partial charge in [0, 0.05) is 24.3 Å². The summed E-state index contributed by atoms with van der Waals surface area (Å²) in [6, 6.07) is 4.57. The number of nitrogens with two attached hydrogens (primary N) is 1. The number of halogens is 2. The molecule has 9 nitrogen and oxygen atoms in total. The molecule has 2 aromatic heterocycles. The number of rotatable bonds is 7. The van der Waals surface area contributed by atoms with E-state index in [4.69, 9.17) is 5.73 Å². The van der Waals surface area contributed by atoms with Crippen LogP contribution in [-0.2, 0) is 10.3 Å². The number of alkyl halides is 2. The van der Waals surface area contributed by atoms with Gasteiger partial charge in [-0.25, -0.2) is 9.97 Å². The highest BCUT2D eigenvalue weighted by Gasteiger charge is 2.25. The number of carbonyl (C=O) groups is 1. The van der Waals surface area contributed by atoms with Crippen molar-refractivity contribution in [2.45, 2.75) is 32.4 Å². The Morgan fingerprint density at radius 1 is 1.32 bits per heavy atom. The summed E-state index contributed by atoms with van der Waals surface area (Å²) in [6.07, 6.45) is 3.13. The SMILES string of the molecule is CC(C)(Nc1ncc(C2=NC=C(C(N)=O)C2)nn1)c1cccc(OC(F)F)n1. The molecule has 3 heterocycles. The Hall–Kier alpha value is -3.50. The number of hydrogen-bond acceptors (Lipinski definition) is 8. The molecule has 0 unspecified atom stereocenters. The zero-order chi connectivity index (χ0) is 20.3. The summed E-state index contributed by atoms with van der Waals surface area (Å²) >= 11 is 0. The van der Waals surface area contributed by atoms with E-state index >= 15 is 0 Å². The molecule has 28 heavy (non-hydrogen) atoms. The molecular formula is C17H17F2N7O2. The van der Waals surface area contributed by atoms with Crippen molar-refractivity contribution in [2.75, 3.05) is 5.32 Å². The first-order chi connectivity index (χ1) is 13.2. The van der Waals surface area contributed by atoms with Crippen molar-refractivity contribution in [3.05, 3.63) is 47.6 Å². The number of anilines is 1. The molecular weight excluding hydrogens is 372 g/mol. The summed E-state index contributed by atoms with van der Waals surface area (Å²) in [7, 11) is 0. The number of aliphatic imine (C=N–C) groups is 1. The highest BCUT2D eigenvalue weighted by molar-refractivity contribution is 6.08. The van der Waals surface area contributed by atoms with E-state index < -0.39 is 18.1 Å². The van der Waals surface area contributed by atoms with Crippen molar-refractivity contribution in [1.82, 2.24) is 20.2 Å². The van der Waals surface area contributed by atoms with Crippen LogP contribution < -0.4 is 15.8 Å². The Bertz CT molecular complexity index is 943. The van der Waals surface area contributed by atoms with Crippen LogP contribution >= 0.6 is 0 Å². The van der Waals surface area contributed by atoms with E-state index in [2.05, 4.69) is 35.2 Å².